The van der Waals surface area contributed by atoms with E-state index in [-0.39, 0.29) is 17.7 Å². The molecule has 0 N–H and O–H groups in total. The minimum absolute atomic E-state index is 0.0488. The molecular weight excluding hydrogens is 318 g/mol. The van der Waals surface area contributed by atoms with Gasteiger partial charge in [0.05, 0.1) is 5.92 Å². The maximum absolute atomic E-state index is 13.0. The van der Waals surface area contributed by atoms with Crippen molar-refractivity contribution in [3.05, 3.63) is 95.6 Å². The van der Waals surface area contributed by atoms with Crippen LogP contribution < -0.4 is 0 Å². The fraction of sp³-hybridized carbons (Fsp3) is 0.208. The zero-order valence-electron chi connectivity index (χ0n) is 15.2. The summed E-state index contributed by atoms with van der Waals surface area (Å²) in [5.41, 5.74) is 6.23. The summed E-state index contributed by atoms with van der Waals surface area (Å²) in [6, 6.07) is 27.5. The molecule has 0 aliphatic heterocycles. The summed E-state index contributed by atoms with van der Waals surface area (Å²) in [5, 5.41) is 0. The van der Waals surface area contributed by atoms with Gasteiger partial charge in [-0.05, 0) is 34.2 Å². The molecule has 0 bridgehead atoms. The minimum atomic E-state index is -0.0488. The molecule has 3 aromatic rings. The van der Waals surface area contributed by atoms with Crippen LogP contribution in [0.5, 0.6) is 0 Å². The summed E-state index contributed by atoms with van der Waals surface area (Å²) >= 11 is 0. The normalized spacial score (nSPS) is 18.4. The third-order valence-electron chi connectivity index (χ3n) is 5.37. The molecule has 2 atom stereocenters. The maximum atomic E-state index is 13.0. The predicted molar refractivity (Wildman–Crippen MR) is 106 cm³/mol. The number of nitrogens with zero attached hydrogens (tertiary/aromatic N) is 1. The summed E-state index contributed by atoms with van der Waals surface area (Å²) in [7, 11) is 3.71. The SMILES string of the molecule is CN(C)C(=O)C1Cc2ccccc2C1c1ccccc1-c1ccccc1. The second kappa shape index (κ2) is 6.80. The second-order valence-corrected chi connectivity index (χ2v) is 7.17. The van der Waals surface area contributed by atoms with E-state index < -0.39 is 0 Å². The number of carbonyl (C=O) groups excluding carboxylic acids is 1. The number of fused-ring (bicyclic) bond motifs is 1. The molecule has 3 aromatic carbocycles. The largest absolute Gasteiger partial charge is 0.349 e. The molecular formula is C24H23NO. The van der Waals surface area contributed by atoms with Gasteiger partial charge in [-0.15, -0.1) is 0 Å². The van der Waals surface area contributed by atoms with Crippen LogP contribution in [0, 0.1) is 5.92 Å². The Labute approximate surface area is 155 Å². The molecule has 0 saturated heterocycles. The van der Waals surface area contributed by atoms with E-state index in [4.69, 9.17) is 0 Å². The molecule has 0 heterocycles. The number of hydrogen-bond acceptors (Lipinski definition) is 1. The number of carbonyl (C=O) groups is 1. The number of benzene rings is 3. The van der Waals surface area contributed by atoms with Gasteiger partial charge in [-0.3, -0.25) is 4.79 Å². The van der Waals surface area contributed by atoms with Crippen LogP contribution in [0.2, 0.25) is 0 Å². The zero-order valence-corrected chi connectivity index (χ0v) is 15.2. The van der Waals surface area contributed by atoms with Crippen LogP contribution in [-0.2, 0) is 11.2 Å². The average Bonchev–Trinajstić information content (AvgIpc) is 3.07. The molecule has 1 amide bonds. The number of amides is 1. The lowest BCUT2D eigenvalue weighted by Gasteiger charge is -2.25. The Balaban J connectivity index is 1.89. The summed E-state index contributed by atoms with van der Waals surface area (Å²) < 4.78 is 0. The Kier molecular flexibility index (Phi) is 4.34. The van der Waals surface area contributed by atoms with E-state index in [1.165, 1.54) is 27.8 Å². The maximum Gasteiger partial charge on any atom is 0.226 e. The lowest BCUT2D eigenvalue weighted by molar-refractivity contribution is -0.133. The lowest BCUT2D eigenvalue weighted by Crippen LogP contribution is -2.32. The molecule has 1 aliphatic carbocycles. The summed E-state index contributed by atoms with van der Waals surface area (Å²) in [5.74, 6) is 0.249. The summed E-state index contributed by atoms with van der Waals surface area (Å²) in [6.07, 6.45) is 0.807. The van der Waals surface area contributed by atoms with E-state index in [1.54, 1.807) is 4.90 Å². The highest BCUT2D eigenvalue weighted by molar-refractivity contribution is 5.83. The standard InChI is InChI=1S/C24H23NO/c1-25(2)24(26)22-16-18-12-6-7-14-20(18)23(22)21-15-9-8-13-19(21)17-10-4-3-5-11-17/h3-15,22-23H,16H2,1-2H3. The first-order valence-corrected chi connectivity index (χ1v) is 9.10. The molecule has 0 spiro atoms. The Bertz CT molecular complexity index is 930. The van der Waals surface area contributed by atoms with Crippen molar-refractivity contribution in [2.45, 2.75) is 12.3 Å². The van der Waals surface area contributed by atoms with Crippen LogP contribution >= 0.6 is 0 Å². The van der Waals surface area contributed by atoms with Crippen LogP contribution in [0.1, 0.15) is 22.6 Å². The third kappa shape index (κ3) is 2.82. The first-order valence-electron chi connectivity index (χ1n) is 9.10. The van der Waals surface area contributed by atoms with Gasteiger partial charge >= 0.3 is 0 Å². The number of rotatable bonds is 3. The molecule has 0 saturated carbocycles. The molecule has 2 unspecified atom stereocenters. The van der Waals surface area contributed by atoms with E-state index >= 15 is 0 Å². The molecule has 2 heteroatoms. The van der Waals surface area contributed by atoms with Gasteiger partial charge in [0.2, 0.25) is 5.91 Å². The first kappa shape index (κ1) is 16.6. The Morgan fingerprint density at radius 2 is 1.42 bits per heavy atom. The van der Waals surface area contributed by atoms with Gasteiger partial charge in [0.1, 0.15) is 0 Å². The van der Waals surface area contributed by atoms with Gasteiger partial charge in [-0.1, -0.05) is 78.9 Å². The van der Waals surface area contributed by atoms with Crippen molar-refractivity contribution in [1.82, 2.24) is 4.90 Å². The van der Waals surface area contributed by atoms with Gasteiger partial charge in [0.15, 0.2) is 0 Å². The fourth-order valence-corrected chi connectivity index (χ4v) is 4.19. The van der Waals surface area contributed by atoms with Crippen LogP contribution in [0.4, 0.5) is 0 Å². The van der Waals surface area contributed by atoms with Crippen molar-refractivity contribution >= 4 is 5.91 Å². The lowest BCUT2D eigenvalue weighted by atomic mass is 9.81. The average molecular weight is 341 g/mol. The Hall–Kier alpha value is -2.87. The van der Waals surface area contributed by atoms with Crippen molar-refractivity contribution in [1.29, 1.82) is 0 Å². The van der Waals surface area contributed by atoms with Gasteiger partial charge in [0, 0.05) is 20.0 Å². The first-order chi connectivity index (χ1) is 12.7. The second-order valence-electron chi connectivity index (χ2n) is 7.17. The van der Waals surface area contributed by atoms with Crippen LogP contribution in [-0.4, -0.2) is 24.9 Å². The molecule has 1 aliphatic rings. The van der Waals surface area contributed by atoms with Crippen molar-refractivity contribution in [3.8, 4) is 11.1 Å². The number of hydrogen-bond donors (Lipinski definition) is 0. The van der Waals surface area contributed by atoms with Crippen molar-refractivity contribution in [3.63, 3.8) is 0 Å². The van der Waals surface area contributed by atoms with E-state index in [0.29, 0.717) is 0 Å². The van der Waals surface area contributed by atoms with Crippen molar-refractivity contribution < 1.29 is 4.79 Å². The molecule has 130 valence electrons. The monoisotopic (exact) mass is 341 g/mol. The van der Waals surface area contributed by atoms with E-state index in [9.17, 15) is 4.79 Å². The summed E-state index contributed by atoms with van der Waals surface area (Å²) in [4.78, 5) is 14.7. The smallest absolute Gasteiger partial charge is 0.226 e. The predicted octanol–water partition coefficient (Wildman–Crippen LogP) is 4.75. The van der Waals surface area contributed by atoms with Crippen LogP contribution in [0.15, 0.2) is 78.9 Å². The van der Waals surface area contributed by atoms with Gasteiger partial charge in [0.25, 0.3) is 0 Å². The van der Waals surface area contributed by atoms with Gasteiger partial charge in [-0.2, -0.15) is 0 Å². The molecule has 0 fully saturated rings. The molecule has 26 heavy (non-hydrogen) atoms. The summed E-state index contributed by atoms with van der Waals surface area (Å²) in [6.45, 7) is 0. The van der Waals surface area contributed by atoms with Crippen molar-refractivity contribution in [2.24, 2.45) is 5.92 Å². The van der Waals surface area contributed by atoms with E-state index in [0.717, 1.165) is 6.42 Å². The molecule has 0 aromatic heterocycles. The zero-order chi connectivity index (χ0) is 18.1. The minimum Gasteiger partial charge on any atom is -0.349 e. The third-order valence-corrected chi connectivity index (χ3v) is 5.37. The Morgan fingerprint density at radius 3 is 2.15 bits per heavy atom. The highest BCUT2D eigenvalue weighted by Gasteiger charge is 2.39. The fourth-order valence-electron chi connectivity index (χ4n) is 4.19. The van der Waals surface area contributed by atoms with E-state index in [1.807, 2.05) is 20.2 Å². The molecule has 0 radical (unpaired) electrons. The quantitative estimate of drug-likeness (QED) is 0.673. The van der Waals surface area contributed by atoms with Gasteiger partial charge in [-0.25, -0.2) is 0 Å². The van der Waals surface area contributed by atoms with Crippen LogP contribution in [0.25, 0.3) is 11.1 Å². The topological polar surface area (TPSA) is 20.3 Å². The molecule has 2 nitrogen and oxygen atoms in total. The van der Waals surface area contributed by atoms with Crippen molar-refractivity contribution in [2.75, 3.05) is 14.1 Å². The Morgan fingerprint density at radius 1 is 0.808 bits per heavy atom. The van der Waals surface area contributed by atoms with Gasteiger partial charge < -0.3 is 4.90 Å². The highest BCUT2D eigenvalue weighted by atomic mass is 16.2. The molecule has 4 rings (SSSR count). The van der Waals surface area contributed by atoms with Crippen LogP contribution in [0.3, 0.4) is 0 Å². The van der Waals surface area contributed by atoms with E-state index in [2.05, 4.69) is 72.8 Å². The highest BCUT2D eigenvalue weighted by Crippen LogP contribution is 2.45.